The molecule has 0 spiro atoms. The number of likely N-dealkylation sites (tertiary alicyclic amines) is 1. The van der Waals surface area contributed by atoms with E-state index in [1.54, 1.807) is 0 Å². The minimum atomic E-state index is -4.34. The topological polar surface area (TPSA) is 83.5 Å². The molecule has 27 heavy (non-hydrogen) atoms. The fraction of sp³-hybridized carbons (Fsp3) is 0.529. The van der Waals surface area contributed by atoms with E-state index in [0.717, 1.165) is 4.90 Å². The highest BCUT2D eigenvalue weighted by Gasteiger charge is 2.42. The van der Waals surface area contributed by atoms with Crippen molar-refractivity contribution in [3.8, 4) is 0 Å². The Morgan fingerprint density at radius 2 is 2.00 bits per heavy atom. The lowest BCUT2D eigenvalue weighted by molar-refractivity contribution is -0.188. The highest BCUT2D eigenvalue weighted by atomic mass is 32.2. The molecule has 0 aliphatic carbocycles. The average molecular weight is 406 g/mol. The second-order valence-electron chi connectivity index (χ2n) is 6.45. The van der Waals surface area contributed by atoms with Gasteiger partial charge >= 0.3 is 6.18 Å². The van der Waals surface area contributed by atoms with Crippen molar-refractivity contribution in [3.05, 3.63) is 29.8 Å². The molecule has 10 heteroatoms. The monoisotopic (exact) mass is 406 g/mol. The van der Waals surface area contributed by atoms with Crippen LogP contribution in [-0.4, -0.2) is 50.8 Å². The number of nitrogens with one attached hydrogen (secondary N) is 1. The maximum Gasteiger partial charge on any atom is 0.393 e. The number of benzene rings is 1. The van der Waals surface area contributed by atoms with Crippen LogP contribution < -0.4 is 4.72 Å². The van der Waals surface area contributed by atoms with Crippen molar-refractivity contribution in [1.29, 1.82) is 0 Å². The van der Waals surface area contributed by atoms with E-state index < -0.39 is 34.6 Å². The molecule has 1 amide bonds. The smallest absolute Gasteiger partial charge is 0.342 e. The molecule has 0 bridgehead atoms. The van der Waals surface area contributed by atoms with Gasteiger partial charge in [0.2, 0.25) is 15.9 Å². The lowest BCUT2D eigenvalue weighted by Crippen LogP contribution is -2.45. The minimum absolute atomic E-state index is 0.00754. The highest BCUT2D eigenvalue weighted by molar-refractivity contribution is 7.89. The number of nitrogens with zero attached hydrogens (tertiary/aromatic N) is 1. The Morgan fingerprint density at radius 3 is 2.63 bits per heavy atom. The third-order valence-electron chi connectivity index (χ3n) is 4.42. The molecule has 1 atom stereocenters. The molecule has 2 rings (SSSR count). The van der Waals surface area contributed by atoms with E-state index in [1.807, 2.05) is 0 Å². The van der Waals surface area contributed by atoms with Crippen molar-refractivity contribution in [3.63, 3.8) is 0 Å². The van der Waals surface area contributed by atoms with Crippen molar-refractivity contribution in [2.45, 2.75) is 37.3 Å². The number of Topliss-reactive ketones (excluding diaryl/α,β-unsaturated/α-hetero) is 1. The second kappa shape index (κ2) is 8.39. The molecule has 1 aliphatic rings. The van der Waals surface area contributed by atoms with E-state index in [2.05, 4.69) is 4.72 Å². The summed E-state index contributed by atoms with van der Waals surface area (Å²) in [4.78, 5) is 24.5. The van der Waals surface area contributed by atoms with Gasteiger partial charge in [0.05, 0.1) is 10.8 Å². The predicted octanol–water partition coefficient (Wildman–Crippen LogP) is 2.36. The number of carbonyl (C=O) groups excluding carboxylic acids is 2. The molecule has 1 heterocycles. The summed E-state index contributed by atoms with van der Waals surface area (Å²) in [5, 5.41) is 0. The highest BCUT2D eigenvalue weighted by Crippen LogP contribution is 2.33. The number of carbonyl (C=O) groups is 2. The van der Waals surface area contributed by atoms with Crippen molar-refractivity contribution < 1.29 is 31.2 Å². The van der Waals surface area contributed by atoms with Crippen LogP contribution in [0.2, 0.25) is 0 Å². The van der Waals surface area contributed by atoms with Crippen LogP contribution >= 0.6 is 0 Å². The van der Waals surface area contributed by atoms with E-state index in [1.165, 1.54) is 31.2 Å². The Hall–Kier alpha value is -1.94. The van der Waals surface area contributed by atoms with Gasteiger partial charge in [-0.3, -0.25) is 9.59 Å². The second-order valence-corrected chi connectivity index (χ2v) is 8.22. The van der Waals surface area contributed by atoms with Crippen LogP contribution in [0.5, 0.6) is 0 Å². The number of amides is 1. The molecule has 0 radical (unpaired) electrons. The summed E-state index contributed by atoms with van der Waals surface area (Å²) in [7, 11) is -3.93. The molecule has 1 aliphatic heterocycles. The van der Waals surface area contributed by atoms with Crippen molar-refractivity contribution >= 4 is 21.7 Å². The van der Waals surface area contributed by atoms with E-state index in [0.29, 0.717) is 0 Å². The molecule has 0 aromatic heterocycles. The molecule has 6 nitrogen and oxygen atoms in total. The lowest BCUT2D eigenvalue weighted by Gasteiger charge is -2.33. The fourth-order valence-corrected chi connectivity index (χ4v) is 3.96. The lowest BCUT2D eigenvalue weighted by atomic mass is 9.97. The average Bonchev–Trinajstić information content (AvgIpc) is 2.61. The molecule has 1 saturated heterocycles. The minimum Gasteiger partial charge on any atom is -0.342 e. The third-order valence-corrected chi connectivity index (χ3v) is 5.88. The first-order chi connectivity index (χ1) is 12.5. The first-order valence-electron chi connectivity index (χ1n) is 8.46. The zero-order chi connectivity index (χ0) is 20.2. The molecule has 150 valence electrons. The number of sulfonamides is 1. The summed E-state index contributed by atoms with van der Waals surface area (Å²) in [6.07, 6.45) is -4.33. The van der Waals surface area contributed by atoms with Gasteiger partial charge in [-0.25, -0.2) is 13.1 Å². The summed E-state index contributed by atoms with van der Waals surface area (Å²) in [5.41, 5.74) is 0.237. The van der Waals surface area contributed by atoms with Crippen LogP contribution in [0.25, 0.3) is 0 Å². The molecule has 1 aromatic carbocycles. The number of halogens is 3. The number of piperidine rings is 1. The fourth-order valence-electron chi connectivity index (χ4n) is 2.89. The van der Waals surface area contributed by atoms with Gasteiger partial charge in [0.15, 0.2) is 5.78 Å². The Balaban J connectivity index is 1.92. The molecular formula is C17H21F3N2O4S. The van der Waals surface area contributed by atoms with E-state index in [4.69, 9.17) is 0 Å². The van der Waals surface area contributed by atoms with Crippen LogP contribution in [0.4, 0.5) is 13.2 Å². The van der Waals surface area contributed by atoms with E-state index in [-0.39, 0.29) is 48.6 Å². The predicted molar refractivity (Wildman–Crippen MR) is 91.6 cm³/mol. The molecular weight excluding hydrogens is 385 g/mol. The maximum absolute atomic E-state index is 12.8. The van der Waals surface area contributed by atoms with Crippen LogP contribution in [0.15, 0.2) is 29.2 Å². The first kappa shape index (κ1) is 21.4. The van der Waals surface area contributed by atoms with Crippen LogP contribution in [0.3, 0.4) is 0 Å². The Labute approximate surface area is 155 Å². The number of hydrogen-bond acceptors (Lipinski definition) is 4. The third kappa shape index (κ3) is 5.77. The summed E-state index contributed by atoms with van der Waals surface area (Å²) in [6, 6.07) is 5.46. The Kier molecular flexibility index (Phi) is 6.63. The molecule has 1 aromatic rings. The largest absolute Gasteiger partial charge is 0.393 e. The van der Waals surface area contributed by atoms with Crippen LogP contribution in [-0.2, 0) is 14.8 Å². The van der Waals surface area contributed by atoms with Gasteiger partial charge in [-0.05, 0) is 31.9 Å². The van der Waals surface area contributed by atoms with Gasteiger partial charge in [0.25, 0.3) is 0 Å². The van der Waals surface area contributed by atoms with E-state index in [9.17, 15) is 31.2 Å². The van der Waals surface area contributed by atoms with Crippen molar-refractivity contribution in [2.75, 3.05) is 19.6 Å². The summed E-state index contributed by atoms with van der Waals surface area (Å²) in [6.45, 7) is 0.915. The molecule has 1 unspecified atom stereocenters. The summed E-state index contributed by atoms with van der Waals surface area (Å²) < 4.78 is 65.2. The molecule has 1 fully saturated rings. The Morgan fingerprint density at radius 1 is 1.30 bits per heavy atom. The van der Waals surface area contributed by atoms with E-state index >= 15 is 0 Å². The maximum atomic E-state index is 12.8. The van der Waals surface area contributed by atoms with Gasteiger partial charge in [-0.15, -0.1) is 0 Å². The van der Waals surface area contributed by atoms with Crippen LogP contribution in [0, 0.1) is 5.92 Å². The number of rotatable bonds is 6. The first-order valence-corrected chi connectivity index (χ1v) is 9.94. The van der Waals surface area contributed by atoms with Crippen LogP contribution in [0.1, 0.15) is 36.5 Å². The Bertz CT molecular complexity index is 809. The molecule has 1 N–H and O–H groups in total. The normalized spacial score (nSPS) is 18.4. The zero-order valence-corrected chi connectivity index (χ0v) is 15.6. The van der Waals surface area contributed by atoms with Crippen molar-refractivity contribution in [2.24, 2.45) is 5.92 Å². The number of hydrogen-bond donors (Lipinski definition) is 1. The SMILES string of the molecule is CC(=O)c1cccc(S(=O)(=O)NCCC(=O)N2CCCC(C(F)(F)F)C2)c1. The van der Waals surface area contributed by atoms with Gasteiger partial charge in [0.1, 0.15) is 0 Å². The summed E-state index contributed by atoms with van der Waals surface area (Å²) >= 11 is 0. The van der Waals surface area contributed by atoms with Crippen molar-refractivity contribution in [1.82, 2.24) is 9.62 Å². The standard InChI is InChI=1S/C17H21F3N2O4S/c1-12(23)13-4-2-6-15(10-13)27(25,26)21-8-7-16(24)22-9-3-5-14(11-22)17(18,19)20/h2,4,6,10,14,21H,3,5,7-9,11H2,1H3. The number of alkyl halides is 3. The zero-order valence-electron chi connectivity index (χ0n) is 14.8. The van der Waals surface area contributed by atoms with Gasteiger partial charge < -0.3 is 4.90 Å². The quantitative estimate of drug-likeness (QED) is 0.735. The summed E-state index contributed by atoms with van der Waals surface area (Å²) in [5.74, 6) is -2.35. The molecule has 0 saturated carbocycles. The van der Waals surface area contributed by atoms with Gasteiger partial charge in [0, 0.05) is 31.6 Å². The van der Waals surface area contributed by atoms with Gasteiger partial charge in [-0.2, -0.15) is 13.2 Å². The van der Waals surface area contributed by atoms with Gasteiger partial charge in [-0.1, -0.05) is 12.1 Å². The number of ketones is 1.